The minimum atomic E-state index is -0.310. The molecule has 1 aromatic heterocycles. The molecule has 1 aliphatic heterocycles. The van der Waals surface area contributed by atoms with Gasteiger partial charge in [0.25, 0.3) is 5.56 Å². The zero-order chi connectivity index (χ0) is 17.1. The topological polar surface area (TPSA) is 94.2 Å². The number of nitriles is 1. The Hall–Kier alpha value is -2.65. The first-order valence-electron chi connectivity index (χ1n) is 8.23. The standard InChI is InChI=1S/C18H20N4O2/c1-12-5-4-8-22(10-12)11-16(23)14(9-19)17-20-15-7-3-2-6-13(15)18(24)21-17/h2-3,6-7,12,23H,4-5,8,10-11H2,1H3,(H,20,21,24)/p+1/b16-14-. The summed E-state index contributed by atoms with van der Waals surface area (Å²) in [4.78, 5) is 20.4. The van der Waals surface area contributed by atoms with Crippen molar-refractivity contribution in [3.8, 4) is 6.07 Å². The molecule has 6 nitrogen and oxygen atoms in total. The number of piperidine rings is 1. The molecule has 0 bridgehead atoms. The van der Waals surface area contributed by atoms with E-state index >= 15 is 0 Å². The zero-order valence-electron chi connectivity index (χ0n) is 13.7. The summed E-state index contributed by atoms with van der Waals surface area (Å²) in [6.07, 6.45) is 2.33. The molecule has 0 aliphatic carbocycles. The number of H-pyrrole nitrogens is 1. The molecule has 1 aromatic carbocycles. The normalized spacial score (nSPS) is 22.0. The molecular formula is C18H21N4O2+. The molecule has 0 radical (unpaired) electrons. The molecule has 1 saturated heterocycles. The van der Waals surface area contributed by atoms with Crippen LogP contribution >= 0.6 is 0 Å². The molecule has 1 fully saturated rings. The van der Waals surface area contributed by atoms with E-state index in [4.69, 9.17) is 0 Å². The third kappa shape index (κ3) is 3.31. The number of fused-ring (bicyclic) bond motifs is 1. The smallest absolute Gasteiger partial charge is 0.259 e. The van der Waals surface area contributed by atoms with Crippen molar-refractivity contribution in [1.29, 1.82) is 5.26 Å². The lowest BCUT2D eigenvalue weighted by molar-refractivity contribution is -0.905. The fourth-order valence-electron chi connectivity index (χ4n) is 3.34. The van der Waals surface area contributed by atoms with Gasteiger partial charge in [-0.05, 0) is 25.0 Å². The number of hydrogen-bond donors (Lipinski definition) is 3. The van der Waals surface area contributed by atoms with Gasteiger partial charge in [0.15, 0.2) is 11.6 Å². The number of nitrogens with one attached hydrogen (secondary N) is 2. The molecule has 0 amide bonds. The lowest BCUT2D eigenvalue weighted by Gasteiger charge is -2.27. The van der Waals surface area contributed by atoms with E-state index in [1.165, 1.54) is 11.3 Å². The Kier molecular flexibility index (Phi) is 4.63. The molecule has 6 heteroatoms. The highest BCUT2D eigenvalue weighted by molar-refractivity contribution is 5.81. The van der Waals surface area contributed by atoms with Crippen molar-refractivity contribution in [3.05, 3.63) is 46.2 Å². The van der Waals surface area contributed by atoms with Crippen molar-refractivity contribution in [2.45, 2.75) is 19.8 Å². The molecule has 2 heterocycles. The van der Waals surface area contributed by atoms with Crippen LogP contribution in [0, 0.1) is 17.2 Å². The van der Waals surface area contributed by atoms with Gasteiger partial charge >= 0.3 is 0 Å². The molecule has 2 aromatic rings. The van der Waals surface area contributed by atoms with Gasteiger partial charge < -0.3 is 15.0 Å². The van der Waals surface area contributed by atoms with Gasteiger partial charge in [0.2, 0.25) is 0 Å². The molecule has 1 aliphatic rings. The van der Waals surface area contributed by atoms with Crippen LogP contribution in [0.5, 0.6) is 0 Å². The van der Waals surface area contributed by atoms with E-state index in [9.17, 15) is 15.2 Å². The summed E-state index contributed by atoms with van der Waals surface area (Å²) in [7, 11) is 0. The van der Waals surface area contributed by atoms with Gasteiger partial charge in [0.05, 0.1) is 24.0 Å². The summed E-state index contributed by atoms with van der Waals surface area (Å²) in [6.45, 7) is 4.54. The first-order valence-corrected chi connectivity index (χ1v) is 8.23. The highest BCUT2D eigenvalue weighted by Crippen LogP contribution is 2.14. The largest absolute Gasteiger partial charge is 0.506 e. The van der Waals surface area contributed by atoms with E-state index in [-0.39, 0.29) is 22.7 Å². The van der Waals surface area contributed by atoms with E-state index in [2.05, 4.69) is 16.9 Å². The number of aliphatic hydroxyl groups is 1. The van der Waals surface area contributed by atoms with E-state index in [0.29, 0.717) is 23.4 Å². The Bertz CT molecular complexity index is 878. The van der Waals surface area contributed by atoms with Crippen LogP contribution in [0.2, 0.25) is 0 Å². The van der Waals surface area contributed by atoms with Crippen LogP contribution in [0.1, 0.15) is 25.6 Å². The van der Waals surface area contributed by atoms with Crippen LogP contribution in [-0.2, 0) is 0 Å². The highest BCUT2D eigenvalue weighted by Gasteiger charge is 2.23. The first kappa shape index (κ1) is 16.2. The van der Waals surface area contributed by atoms with Gasteiger partial charge in [0.1, 0.15) is 18.2 Å². The van der Waals surface area contributed by atoms with Gasteiger partial charge in [-0.2, -0.15) is 5.26 Å². The Morgan fingerprint density at radius 2 is 2.29 bits per heavy atom. The minimum absolute atomic E-state index is 0.0139. The minimum Gasteiger partial charge on any atom is -0.506 e. The van der Waals surface area contributed by atoms with Crippen molar-refractivity contribution in [2.24, 2.45) is 5.92 Å². The van der Waals surface area contributed by atoms with E-state index < -0.39 is 0 Å². The second kappa shape index (κ2) is 6.85. The number of allylic oxidation sites excluding steroid dienone is 1. The second-order valence-electron chi connectivity index (χ2n) is 6.49. The SMILES string of the molecule is CC1CCC[NH+](C/C(O)=C(\C#N)c2nc3ccccc3c(=O)[nH]2)C1. The summed E-state index contributed by atoms with van der Waals surface area (Å²) >= 11 is 0. The average molecular weight is 325 g/mol. The quantitative estimate of drug-likeness (QED) is 0.580. The number of hydrogen-bond acceptors (Lipinski definition) is 4. The maximum Gasteiger partial charge on any atom is 0.259 e. The van der Waals surface area contributed by atoms with Gasteiger partial charge in [0, 0.05) is 5.92 Å². The molecule has 2 atom stereocenters. The number of benzene rings is 1. The number of rotatable bonds is 3. The molecular weight excluding hydrogens is 304 g/mol. The van der Waals surface area contributed by atoms with Crippen molar-refractivity contribution >= 4 is 16.5 Å². The van der Waals surface area contributed by atoms with Crippen molar-refractivity contribution in [2.75, 3.05) is 19.6 Å². The van der Waals surface area contributed by atoms with Crippen LogP contribution in [0.15, 0.2) is 34.8 Å². The van der Waals surface area contributed by atoms with Gasteiger partial charge in [-0.3, -0.25) is 4.79 Å². The second-order valence-corrected chi connectivity index (χ2v) is 6.49. The Balaban J connectivity index is 1.95. The number of nitrogens with zero attached hydrogens (tertiary/aromatic N) is 2. The molecule has 124 valence electrons. The summed E-state index contributed by atoms with van der Waals surface area (Å²) in [5.74, 6) is 0.730. The van der Waals surface area contributed by atoms with Gasteiger partial charge in [-0.1, -0.05) is 19.1 Å². The Morgan fingerprint density at radius 1 is 1.50 bits per heavy atom. The van der Waals surface area contributed by atoms with E-state index in [1.807, 2.05) is 6.07 Å². The molecule has 0 spiro atoms. The molecule has 0 saturated carbocycles. The summed E-state index contributed by atoms with van der Waals surface area (Å²) in [5.41, 5.74) is 0.245. The van der Waals surface area contributed by atoms with Gasteiger partial charge in [-0.15, -0.1) is 0 Å². The van der Waals surface area contributed by atoms with Crippen LogP contribution < -0.4 is 10.5 Å². The molecule has 3 N–H and O–H groups in total. The number of quaternary nitrogens is 1. The Morgan fingerprint density at radius 3 is 3.04 bits per heavy atom. The lowest BCUT2D eigenvalue weighted by Crippen LogP contribution is -3.13. The first-order chi connectivity index (χ1) is 11.6. The third-order valence-corrected chi connectivity index (χ3v) is 4.53. The maximum atomic E-state index is 12.2. The van der Waals surface area contributed by atoms with Gasteiger partial charge in [-0.25, -0.2) is 4.98 Å². The Labute approximate surface area is 140 Å². The maximum absolute atomic E-state index is 12.2. The molecule has 24 heavy (non-hydrogen) atoms. The predicted octanol–water partition coefficient (Wildman–Crippen LogP) is 1.03. The summed E-state index contributed by atoms with van der Waals surface area (Å²) in [6, 6.07) is 8.94. The summed E-state index contributed by atoms with van der Waals surface area (Å²) < 4.78 is 0. The number of para-hydroxylation sites is 1. The number of aliphatic hydroxyl groups excluding tert-OH is 1. The van der Waals surface area contributed by atoms with E-state index in [0.717, 1.165) is 19.5 Å². The molecule has 2 unspecified atom stereocenters. The lowest BCUT2D eigenvalue weighted by atomic mass is 10.00. The zero-order valence-corrected chi connectivity index (χ0v) is 13.7. The highest BCUT2D eigenvalue weighted by atomic mass is 16.3. The average Bonchev–Trinajstić information content (AvgIpc) is 2.55. The number of likely N-dealkylation sites (tertiary alicyclic amines) is 1. The predicted molar refractivity (Wildman–Crippen MR) is 91.5 cm³/mol. The van der Waals surface area contributed by atoms with Crippen molar-refractivity contribution in [1.82, 2.24) is 9.97 Å². The van der Waals surface area contributed by atoms with E-state index in [1.54, 1.807) is 24.3 Å². The number of aromatic nitrogens is 2. The molecule has 3 rings (SSSR count). The van der Waals surface area contributed by atoms with Crippen molar-refractivity contribution < 1.29 is 10.0 Å². The number of aromatic amines is 1. The third-order valence-electron chi connectivity index (χ3n) is 4.53. The van der Waals surface area contributed by atoms with Crippen LogP contribution in [0.25, 0.3) is 16.5 Å². The van der Waals surface area contributed by atoms with Crippen LogP contribution in [0.4, 0.5) is 0 Å². The fraction of sp³-hybridized carbons (Fsp3) is 0.389. The van der Waals surface area contributed by atoms with Crippen molar-refractivity contribution in [3.63, 3.8) is 0 Å². The van der Waals surface area contributed by atoms with Crippen LogP contribution in [0.3, 0.4) is 0 Å². The summed E-state index contributed by atoms with van der Waals surface area (Å²) in [5, 5.41) is 20.4. The fourth-order valence-corrected chi connectivity index (χ4v) is 3.34. The van der Waals surface area contributed by atoms with Crippen LogP contribution in [-0.4, -0.2) is 34.7 Å². The monoisotopic (exact) mass is 325 g/mol.